The second-order valence-electron chi connectivity index (χ2n) is 22.3. The van der Waals surface area contributed by atoms with Crippen LogP contribution in [0.1, 0.15) is 176 Å². The Labute approximate surface area is 456 Å². The first kappa shape index (κ1) is 68.6. The first-order valence-electron chi connectivity index (χ1n) is 26.1. The maximum Gasteiger partial charge on any atom is 0.209 e. The van der Waals surface area contributed by atoms with Crippen molar-refractivity contribution in [1.29, 1.82) is 0 Å². The van der Waals surface area contributed by atoms with E-state index in [2.05, 4.69) is 0 Å². The van der Waals surface area contributed by atoms with Crippen molar-refractivity contribution in [2.75, 3.05) is 0 Å². The highest BCUT2D eigenvalue weighted by Crippen LogP contribution is 2.41. The van der Waals surface area contributed by atoms with E-state index in [4.69, 9.17) is 0 Å². The Bertz CT molecular complexity index is 2710. The van der Waals surface area contributed by atoms with Crippen LogP contribution in [0.2, 0.25) is 0 Å². The molecule has 0 heterocycles. The van der Waals surface area contributed by atoms with Crippen molar-refractivity contribution < 1.29 is 74.7 Å². The maximum absolute atomic E-state index is 12.9. The van der Waals surface area contributed by atoms with E-state index in [9.17, 15) is 74.7 Å². The quantitative estimate of drug-likeness (QED) is 0.0405. The Morgan fingerprint density at radius 3 is 0.935 bits per heavy atom. The number of hydrogen-bond donors (Lipinski definition) is 9. The molecule has 77 heavy (non-hydrogen) atoms. The topological polar surface area (TPSA) is 284 Å². The molecule has 0 amide bonds. The number of hydrogen-bond acceptors (Lipinski definition) is 15. The van der Waals surface area contributed by atoms with Gasteiger partial charge in [-0.25, -0.2) is 0 Å². The number of carbonyl (C=O) groups is 6. The zero-order chi connectivity index (χ0) is 60.0. The highest BCUT2D eigenvalue weighted by atomic mass is 16.4. The number of Topliss-reactive ketones (excluding diaryl/α,β-unsaturated/α-hetero) is 6. The molecule has 0 aromatic rings. The second-order valence-corrected chi connectivity index (χ2v) is 22.3. The fraction of sp³-hybridized carbons (Fsp3) is 0.516. The lowest BCUT2D eigenvalue weighted by molar-refractivity contribution is -0.136. The summed E-state index contributed by atoms with van der Waals surface area (Å²) in [5, 5.41) is 96.1. The van der Waals surface area contributed by atoms with Crippen molar-refractivity contribution in [3.63, 3.8) is 0 Å². The molecule has 4 unspecified atom stereocenters. The van der Waals surface area contributed by atoms with Crippen molar-refractivity contribution >= 4 is 34.7 Å². The largest absolute Gasteiger partial charge is 0.508 e. The average molecular weight is 1070 g/mol. The van der Waals surface area contributed by atoms with Crippen molar-refractivity contribution in [3.05, 3.63) is 138 Å². The molecule has 0 saturated heterocycles. The monoisotopic (exact) mass is 1070 g/mol. The third-order valence-corrected chi connectivity index (χ3v) is 12.9. The number of rotatable bonds is 20. The molecule has 0 fully saturated rings. The molecular formula is C62H88O15. The van der Waals surface area contributed by atoms with Gasteiger partial charge in [-0.15, -0.1) is 0 Å². The van der Waals surface area contributed by atoms with Crippen LogP contribution in [0, 0.1) is 17.8 Å². The highest BCUT2D eigenvalue weighted by Gasteiger charge is 2.52. The molecule has 15 heteroatoms. The summed E-state index contributed by atoms with van der Waals surface area (Å²) in [6.07, 6.45) is 10.5. The summed E-state index contributed by atoms with van der Waals surface area (Å²) in [5.74, 6) is -8.84. The summed E-state index contributed by atoms with van der Waals surface area (Å²) in [4.78, 5) is 76.2. The number of aliphatic hydroxyl groups excluding tert-OH is 6. The number of allylic oxidation sites excluding steroid dienone is 12. The van der Waals surface area contributed by atoms with Gasteiger partial charge in [0.2, 0.25) is 17.3 Å². The summed E-state index contributed by atoms with van der Waals surface area (Å²) in [6.45, 7) is 32.3. The lowest BCUT2D eigenvalue weighted by Crippen LogP contribution is -2.47. The molecule has 0 spiro atoms. The number of carbonyl (C=O) groups excluding carboxylic acids is 6. The van der Waals surface area contributed by atoms with Gasteiger partial charge < -0.3 is 46.0 Å². The fourth-order valence-corrected chi connectivity index (χ4v) is 7.83. The molecule has 0 aromatic heterocycles. The lowest BCUT2D eigenvalue weighted by Gasteiger charge is -2.32. The molecule has 15 nitrogen and oxygen atoms in total. The van der Waals surface area contributed by atoms with Crippen molar-refractivity contribution in [1.82, 2.24) is 0 Å². The zero-order valence-corrected chi connectivity index (χ0v) is 48.8. The normalized spacial score (nSPS) is 21.0. The van der Waals surface area contributed by atoms with Crippen LogP contribution in [0.5, 0.6) is 0 Å². The van der Waals surface area contributed by atoms with Crippen LogP contribution in [0.3, 0.4) is 0 Å². The molecule has 3 rings (SSSR count). The van der Waals surface area contributed by atoms with Crippen LogP contribution in [-0.2, 0) is 28.8 Å². The molecular weight excluding hydrogens is 985 g/mol. The Morgan fingerprint density at radius 2 is 0.688 bits per heavy atom. The van der Waals surface area contributed by atoms with Gasteiger partial charge >= 0.3 is 0 Å². The first-order valence-corrected chi connectivity index (χ1v) is 26.1. The molecule has 426 valence electrons. The van der Waals surface area contributed by atoms with Crippen LogP contribution in [-0.4, -0.2) is 97.5 Å². The third kappa shape index (κ3) is 17.0. The molecule has 9 N–H and O–H groups in total. The minimum atomic E-state index is -2.24. The van der Waals surface area contributed by atoms with E-state index in [-0.39, 0.29) is 67.6 Å². The summed E-state index contributed by atoms with van der Waals surface area (Å²) >= 11 is 0. The summed E-state index contributed by atoms with van der Waals surface area (Å²) in [5.41, 5.74) is -2.55. The smallest absolute Gasteiger partial charge is 0.209 e. The van der Waals surface area contributed by atoms with E-state index < -0.39 is 115 Å². The Balaban J connectivity index is 0.000000578. The van der Waals surface area contributed by atoms with E-state index in [0.29, 0.717) is 6.42 Å². The molecule has 0 bridgehead atoms. The fourth-order valence-electron chi connectivity index (χ4n) is 7.83. The maximum atomic E-state index is 12.9. The van der Waals surface area contributed by atoms with Gasteiger partial charge in [-0.2, -0.15) is 0 Å². The summed E-state index contributed by atoms with van der Waals surface area (Å²) in [6, 6.07) is 0. The van der Waals surface area contributed by atoms with Crippen LogP contribution in [0.4, 0.5) is 0 Å². The van der Waals surface area contributed by atoms with Gasteiger partial charge in [0.05, 0.1) is 0 Å². The van der Waals surface area contributed by atoms with Crippen molar-refractivity contribution in [2.45, 2.75) is 193 Å². The predicted octanol–water partition coefficient (Wildman–Crippen LogP) is 12.4. The van der Waals surface area contributed by atoms with Crippen LogP contribution in [0.15, 0.2) is 138 Å². The number of aliphatic hydroxyl groups is 9. The van der Waals surface area contributed by atoms with E-state index in [1.165, 1.54) is 0 Å². The van der Waals surface area contributed by atoms with Crippen molar-refractivity contribution in [2.24, 2.45) is 17.8 Å². The SMILES string of the molecule is CC(C)=CCC1=C(O)C(O)(CC=C(C)C)C(=O)C(C(=O)C(C)C)=C1O.CC(C)=CCC1=C(O)C(O)(CC=C(C)C)C(=O)C(C(=O)CC(C)C)=C1O.CCC(C)C(=O)C1=C(O)C(CC=C(C)C)=C(O)C(O)(CC=C(C)C)C1=O. The van der Waals surface area contributed by atoms with Gasteiger partial charge in [0.1, 0.15) is 51.3 Å². The Kier molecular flexibility index (Phi) is 25.7. The van der Waals surface area contributed by atoms with E-state index in [0.717, 1.165) is 33.4 Å². The van der Waals surface area contributed by atoms with Crippen molar-refractivity contribution in [3.8, 4) is 0 Å². The van der Waals surface area contributed by atoms with Gasteiger partial charge in [0.15, 0.2) is 34.2 Å². The molecule has 0 aromatic carbocycles. The molecule has 0 aliphatic heterocycles. The van der Waals surface area contributed by atoms with Crippen LogP contribution >= 0.6 is 0 Å². The van der Waals surface area contributed by atoms with Gasteiger partial charge in [-0.3, -0.25) is 28.8 Å². The zero-order valence-electron chi connectivity index (χ0n) is 48.8. The Hall–Kier alpha value is -6.42. The molecule has 4 atom stereocenters. The molecule has 3 aliphatic rings. The average Bonchev–Trinajstić information content (AvgIpc) is 3.32. The van der Waals surface area contributed by atoms with Gasteiger partial charge in [-0.05, 0) is 115 Å². The van der Waals surface area contributed by atoms with Crippen LogP contribution in [0.25, 0.3) is 0 Å². The van der Waals surface area contributed by atoms with Gasteiger partial charge in [0, 0.05) is 54.2 Å². The molecule has 0 saturated carbocycles. The minimum absolute atomic E-state index is 0.00876. The molecule has 0 radical (unpaired) electrons. The van der Waals surface area contributed by atoms with Crippen LogP contribution < -0.4 is 0 Å². The second kappa shape index (κ2) is 28.8. The first-order chi connectivity index (χ1) is 35.3. The summed E-state index contributed by atoms with van der Waals surface area (Å²) < 4.78 is 0. The standard InChI is InChI=1S/2C21H30O5.C20H28O5/c1-12(2)7-8-15-18(23)17(16(22)11-14(5)6)20(25)21(26,19(15)24)10-9-13(3)4;1-7-14(6)17(22)16-18(23)15(9-8-12(2)3)19(24)21(26,20(16)25)11-10-13(4)5;1-11(2)7-8-14-17(22)15(16(21)13(5)6)19(24)20(25,18(14)23)10-9-12(3)4/h7,9,14,23-24,26H,8,10-11H2,1-6H3;8,10,14,23-24,26H,7,9,11H2,1-6H3;7,9,13,22-23,25H,8,10H2,1-6H3. The van der Waals surface area contributed by atoms with E-state index >= 15 is 0 Å². The number of ketones is 6. The lowest BCUT2D eigenvalue weighted by atomic mass is 9.76. The van der Waals surface area contributed by atoms with Gasteiger partial charge in [-0.1, -0.05) is 111 Å². The summed E-state index contributed by atoms with van der Waals surface area (Å²) in [7, 11) is 0. The molecule has 3 aliphatic carbocycles. The predicted molar refractivity (Wildman–Crippen MR) is 301 cm³/mol. The highest BCUT2D eigenvalue weighted by molar-refractivity contribution is 6.27. The van der Waals surface area contributed by atoms with Gasteiger partial charge in [0.25, 0.3) is 0 Å². The third-order valence-electron chi connectivity index (χ3n) is 12.9. The minimum Gasteiger partial charge on any atom is -0.508 e. The van der Waals surface area contributed by atoms with E-state index in [1.807, 2.05) is 55.4 Å². The Morgan fingerprint density at radius 1 is 0.429 bits per heavy atom. The van der Waals surface area contributed by atoms with E-state index in [1.54, 1.807) is 106 Å².